The van der Waals surface area contributed by atoms with Crippen LogP contribution < -0.4 is 15.1 Å². The van der Waals surface area contributed by atoms with Crippen molar-refractivity contribution in [1.82, 2.24) is 4.98 Å². The van der Waals surface area contributed by atoms with Crippen LogP contribution in [0, 0.1) is 17.2 Å². The first kappa shape index (κ1) is 22.7. The fourth-order valence-corrected chi connectivity index (χ4v) is 3.86. The highest BCUT2D eigenvalue weighted by Gasteiger charge is 2.26. The number of nitrogens with zero attached hydrogens (tertiary/aromatic N) is 3. The molecule has 2 heterocycles. The number of aromatic nitrogens is 1. The number of aliphatic hydroxyl groups is 1. The van der Waals surface area contributed by atoms with E-state index in [1.807, 2.05) is 57.1 Å². The molecule has 0 radical (unpaired) electrons. The molecule has 2 aromatic rings. The van der Waals surface area contributed by atoms with Crippen molar-refractivity contribution in [2.24, 2.45) is 11.8 Å². The van der Waals surface area contributed by atoms with Crippen molar-refractivity contribution in [3.05, 3.63) is 41.6 Å². The quantitative estimate of drug-likeness (QED) is 0.440. The lowest BCUT2D eigenvalue weighted by Gasteiger charge is -2.35. The summed E-state index contributed by atoms with van der Waals surface area (Å²) in [6, 6.07) is 9.76. The molecule has 3 N–H and O–H groups in total. The van der Waals surface area contributed by atoms with Crippen molar-refractivity contribution in [1.29, 1.82) is 5.41 Å². The van der Waals surface area contributed by atoms with Crippen LogP contribution in [0.1, 0.15) is 42.7 Å². The molecule has 1 aromatic carbocycles. The molecule has 7 nitrogen and oxygen atoms in total. The molecule has 1 aliphatic heterocycles. The lowest BCUT2D eigenvalue weighted by molar-refractivity contribution is 0.111. The first-order valence-electron chi connectivity index (χ1n) is 10.8. The molecule has 1 aromatic heterocycles. The minimum atomic E-state index is 0.00581. The van der Waals surface area contributed by atoms with Gasteiger partial charge in [-0.3, -0.25) is 4.79 Å². The number of aliphatic hydroxyl groups excluding tert-OH is 1. The number of carbonyl (C=O) groups excluding carboxylic acids is 1. The third kappa shape index (κ3) is 5.22. The lowest BCUT2D eigenvalue weighted by atomic mass is 9.94. The van der Waals surface area contributed by atoms with E-state index in [0.29, 0.717) is 23.1 Å². The van der Waals surface area contributed by atoms with Crippen LogP contribution in [0.3, 0.4) is 0 Å². The second kappa shape index (κ2) is 9.92. The van der Waals surface area contributed by atoms with Gasteiger partial charge in [-0.1, -0.05) is 19.9 Å². The molecule has 0 amide bonds. The van der Waals surface area contributed by atoms with Crippen LogP contribution in [0.25, 0.3) is 0 Å². The minimum Gasteiger partial charge on any atom is -0.396 e. The van der Waals surface area contributed by atoms with E-state index >= 15 is 0 Å². The van der Waals surface area contributed by atoms with E-state index < -0.39 is 0 Å². The Morgan fingerprint density at radius 3 is 2.61 bits per heavy atom. The standard InChI is InChI=1S/C24H33N5O2/c1-16(2)23(25)22-21(29-10-8-17(14-30)9-11-29)13-19(15-31)27-24(22)26-18-6-5-7-20(12-18)28(3)4/h5-7,12-13,15-17,25,30H,8-11,14H2,1-4H3,(H,26,27). The van der Waals surface area contributed by atoms with E-state index in [1.54, 1.807) is 6.07 Å². The summed E-state index contributed by atoms with van der Waals surface area (Å²) in [4.78, 5) is 20.5. The summed E-state index contributed by atoms with van der Waals surface area (Å²) in [5.74, 6) is 0.841. The van der Waals surface area contributed by atoms with Crippen molar-refractivity contribution in [3.8, 4) is 0 Å². The van der Waals surface area contributed by atoms with E-state index in [-0.39, 0.29) is 12.5 Å². The summed E-state index contributed by atoms with van der Waals surface area (Å²) in [7, 11) is 3.97. The summed E-state index contributed by atoms with van der Waals surface area (Å²) >= 11 is 0. The number of rotatable bonds is 8. The fourth-order valence-electron chi connectivity index (χ4n) is 3.86. The third-order valence-corrected chi connectivity index (χ3v) is 5.82. The summed E-state index contributed by atoms with van der Waals surface area (Å²) in [5.41, 5.74) is 4.31. The normalized spacial score (nSPS) is 14.6. The molecular formula is C24H33N5O2. The van der Waals surface area contributed by atoms with E-state index in [1.165, 1.54) is 0 Å². The van der Waals surface area contributed by atoms with Gasteiger partial charge in [0.15, 0.2) is 6.29 Å². The average Bonchev–Trinajstić information content (AvgIpc) is 2.78. The number of hydrogen-bond donors (Lipinski definition) is 3. The number of anilines is 4. The number of pyridine rings is 1. The maximum atomic E-state index is 11.7. The van der Waals surface area contributed by atoms with Crippen LogP contribution in [0.5, 0.6) is 0 Å². The Balaban J connectivity index is 2.08. The van der Waals surface area contributed by atoms with Crippen LogP contribution in [0.2, 0.25) is 0 Å². The summed E-state index contributed by atoms with van der Waals surface area (Å²) in [6.45, 7) is 5.75. The van der Waals surface area contributed by atoms with Gasteiger partial charge >= 0.3 is 0 Å². The Morgan fingerprint density at radius 1 is 1.32 bits per heavy atom. The van der Waals surface area contributed by atoms with Gasteiger partial charge in [-0.05, 0) is 48.9 Å². The number of aldehydes is 1. The van der Waals surface area contributed by atoms with Gasteiger partial charge in [0.25, 0.3) is 0 Å². The van der Waals surface area contributed by atoms with Gasteiger partial charge in [0.2, 0.25) is 0 Å². The van der Waals surface area contributed by atoms with Crippen molar-refractivity contribution in [3.63, 3.8) is 0 Å². The Kier molecular flexibility index (Phi) is 7.28. The molecule has 0 unspecified atom stereocenters. The zero-order chi connectivity index (χ0) is 22.5. The van der Waals surface area contributed by atoms with Gasteiger partial charge < -0.3 is 25.6 Å². The first-order valence-corrected chi connectivity index (χ1v) is 10.8. The van der Waals surface area contributed by atoms with E-state index in [9.17, 15) is 9.90 Å². The Morgan fingerprint density at radius 2 is 2.03 bits per heavy atom. The molecule has 0 saturated carbocycles. The molecule has 31 heavy (non-hydrogen) atoms. The Hall–Kier alpha value is -2.93. The lowest BCUT2D eigenvalue weighted by Crippen LogP contribution is -2.36. The van der Waals surface area contributed by atoms with Gasteiger partial charge in [-0.15, -0.1) is 0 Å². The van der Waals surface area contributed by atoms with E-state index in [4.69, 9.17) is 5.41 Å². The number of nitrogens with one attached hydrogen (secondary N) is 2. The predicted octanol–water partition coefficient (Wildman–Crippen LogP) is 3.94. The highest BCUT2D eigenvalue weighted by Crippen LogP contribution is 2.34. The molecule has 166 valence electrons. The molecular weight excluding hydrogens is 390 g/mol. The maximum Gasteiger partial charge on any atom is 0.168 e. The van der Waals surface area contributed by atoms with E-state index in [0.717, 1.165) is 54.8 Å². The SMILES string of the molecule is CC(C)C(=N)c1c(N2CCC(CO)CC2)cc(C=O)nc1Nc1cccc(N(C)C)c1. The Bertz CT molecular complexity index is 934. The van der Waals surface area contributed by atoms with Gasteiger partial charge in [-0.25, -0.2) is 4.98 Å². The first-order chi connectivity index (χ1) is 14.8. The summed E-state index contributed by atoms with van der Waals surface area (Å²) < 4.78 is 0. The van der Waals surface area contributed by atoms with Gasteiger partial charge in [0, 0.05) is 50.9 Å². The molecule has 0 spiro atoms. The second-order valence-electron chi connectivity index (χ2n) is 8.66. The third-order valence-electron chi connectivity index (χ3n) is 5.82. The molecule has 0 bridgehead atoms. The highest BCUT2D eigenvalue weighted by molar-refractivity contribution is 6.09. The predicted molar refractivity (Wildman–Crippen MR) is 127 cm³/mol. The van der Waals surface area contributed by atoms with Crippen molar-refractivity contribution in [2.45, 2.75) is 26.7 Å². The molecule has 1 fully saturated rings. The van der Waals surface area contributed by atoms with Gasteiger partial charge in [-0.2, -0.15) is 0 Å². The average molecular weight is 424 g/mol. The number of carbonyl (C=O) groups is 1. The molecule has 7 heteroatoms. The molecule has 1 aliphatic rings. The van der Waals surface area contributed by atoms with Gasteiger partial charge in [0.05, 0.1) is 11.3 Å². The van der Waals surface area contributed by atoms with E-state index in [2.05, 4.69) is 15.2 Å². The summed E-state index contributed by atoms with van der Waals surface area (Å²) in [6.07, 6.45) is 2.53. The molecule has 3 rings (SSSR count). The van der Waals surface area contributed by atoms with Crippen LogP contribution in [-0.2, 0) is 0 Å². The number of hydrogen-bond acceptors (Lipinski definition) is 7. The van der Waals surface area contributed by atoms with Crippen LogP contribution in [0.15, 0.2) is 30.3 Å². The zero-order valence-corrected chi connectivity index (χ0v) is 18.9. The van der Waals surface area contributed by atoms with Gasteiger partial charge in [0.1, 0.15) is 11.5 Å². The smallest absolute Gasteiger partial charge is 0.168 e. The number of piperidine rings is 1. The monoisotopic (exact) mass is 423 g/mol. The molecule has 0 aliphatic carbocycles. The van der Waals surface area contributed by atoms with Crippen molar-refractivity contribution < 1.29 is 9.90 Å². The van der Waals surface area contributed by atoms with Crippen LogP contribution in [-0.4, -0.2) is 55.9 Å². The second-order valence-corrected chi connectivity index (χ2v) is 8.66. The highest BCUT2D eigenvalue weighted by atomic mass is 16.3. The Labute approximate surface area is 184 Å². The summed E-state index contributed by atoms with van der Waals surface area (Å²) in [5, 5.41) is 21.7. The number of benzene rings is 1. The largest absolute Gasteiger partial charge is 0.396 e. The fraction of sp³-hybridized carbons (Fsp3) is 0.458. The topological polar surface area (TPSA) is 92.6 Å². The van der Waals surface area contributed by atoms with Crippen LogP contribution in [0.4, 0.5) is 22.9 Å². The van der Waals surface area contributed by atoms with Crippen molar-refractivity contribution in [2.75, 3.05) is 48.9 Å². The minimum absolute atomic E-state index is 0.00581. The maximum absolute atomic E-state index is 11.7. The van der Waals surface area contributed by atoms with Crippen LogP contribution >= 0.6 is 0 Å². The molecule has 1 saturated heterocycles. The zero-order valence-electron chi connectivity index (χ0n) is 18.9. The molecule has 0 atom stereocenters. The van der Waals surface area contributed by atoms with Crippen molar-refractivity contribution >= 4 is 34.9 Å².